The first kappa shape index (κ1) is 21.6. The molecule has 1 N–H and O–H groups in total. The van der Waals surface area contributed by atoms with Gasteiger partial charge in [0, 0.05) is 17.9 Å². The average Bonchev–Trinajstić information content (AvgIpc) is 2.11. The minimum Gasteiger partial charge on any atom is -0.550 e. The van der Waals surface area contributed by atoms with Gasteiger partial charge < -0.3 is 29.6 Å². The van der Waals surface area contributed by atoms with Gasteiger partial charge in [-0.3, -0.25) is 0 Å². The molecule has 0 aliphatic rings. The summed E-state index contributed by atoms with van der Waals surface area (Å²) in [5.74, 6) is -6.66. The van der Waals surface area contributed by atoms with Gasteiger partial charge in [0.05, 0.1) is 7.11 Å². The molecule has 9 heteroatoms. The molecule has 0 heterocycles. The smallest absolute Gasteiger partial charge is 0.550 e. The van der Waals surface area contributed by atoms with Gasteiger partial charge in [-0.25, -0.2) is 4.79 Å². The Morgan fingerprint density at radius 3 is 1.94 bits per heavy atom. The summed E-state index contributed by atoms with van der Waals surface area (Å²) in [6.07, 6.45) is -3.08. The molecule has 0 aromatic heterocycles. The maximum Gasteiger partial charge on any atom is 1.00 e. The Morgan fingerprint density at radius 2 is 1.69 bits per heavy atom. The zero-order valence-electron chi connectivity index (χ0n) is 9.26. The van der Waals surface area contributed by atoms with E-state index in [1.807, 2.05) is 0 Å². The maximum absolute atomic E-state index is 10.7. The van der Waals surface area contributed by atoms with Crippen molar-refractivity contribution in [2.75, 3.05) is 7.11 Å². The molecular weight excluding hydrogens is 242 g/mol. The average molecular weight is 250 g/mol. The monoisotopic (exact) mass is 250 g/mol. The number of aliphatic carboxylic acids is 2. The van der Waals surface area contributed by atoms with Crippen molar-refractivity contribution in [3.05, 3.63) is 0 Å². The van der Waals surface area contributed by atoms with Crippen LogP contribution >= 0.6 is 0 Å². The van der Waals surface area contributed by atoms with E-state index >= 15 is 0 Å². The van der Waals surface area contributed by atoms with E-state index in [4.69, 9.17) is 5.11 Å². The van der Waals surface area contributed by atoms with Crippen LogP contribution in [0.15, 0.2) is 0 Å². The van der Waals surface area contributed by atoms with E-state index < -0.39 is 36.4 Å². The third-order valence-electron chi connectivity index (χ3n) is 1.51. The fourth-order valence-electron chi connectivity index (χ4n) is 0.788. The molecule has 0 aliphatic carbocycles. The molecule has 80 valence electrons. The third kappa shape index (κ3) is 7.61. The number of carbonyl (C=O) groups excluding carboxylic acids is 3. The molecule has 0 bridgehead atoms. The van der Waals surface area contributed by atoms with Gasteiger partial charge in [0.25, 0.3) is 0 Å². The Morgan fingerprint density at radius 1 is 1.25 bits per heavy atom. The Labute approximate surface area is 136 Å². The van der Waals surface area contributed by atoms with Crippen molar-refractivity contribution in [2.45, 2.75) is 12.5 Å². The van der Waals surface area contributed by atoms with E-state index in [1.54, 1.807) is 0 Å². The Hall–Kier alpha value is 0.370. The van der Waals surface area contributed by atoms with Crippen molar-refractivity contribution in [3.63, 3.8) is 0 Å². The van der Waals surface area contributed by atoms with Crippen LogP contribution in [0.2, 0.25) is 0 Å². The molecule has 16 heavy (non-hydrogen) atoms. The number of aliphatic hydroxyl groups is 1. The molecular formula is C7H8Na2O7. The minimum atomic E-state index is -2.07. The summed E-state index contributed by atoms with van der Waals surface area (Å²) in [5, 5.41) is 29.4. The predicted molar refractivity (Wildman–Crippen MR) is 36.1 cm³/mol. The van der Waals surface area contributed by atoms with E-state index in [0.717, 1.165) is 7.11 Å². The number of esters is 1. The molecule has 0 aliphatic heterocycles. The van der Waals surface area contributed by atoms with Gasteiger partial charge in [-0.15, -0.1) is 0 Å². The third-order valence-corrected chi connectivity index (χ3v) is 1.51. The van der Waals surface area contributed by atoms with Crippen molar-refractivity contribution in [2.24, 2.45) is 5.92 Å². The number of ether oxygens (including phenoxy) is 1. The van der Waals surface area contributed by atoms with Crippen molar-refractivity contribution >= 4 is 17.9 Å². The Kier molecular flexibility index (Phi) is 14.2. The van der Waals surface area contributed by atoms with Crippen molar-refractivity contribution < 1.29 is 93.6 Å². The van der Waals surface area contributed by atoms with Crippen LogP contribution in [0.3, 0.4) is 0 Å². The standard InChI is InChI=1S/C7H10O7.2Na/c1-14-7(13)5(10)3(6(11)12)2-4(8)9;;/h3,5,10H,2H2,1H3,(H,8,9)(H,11,12);;/q;2*+1/p-2. The zero-order valence-corrected chi connectivity index (χ0v) is 13.3. The second kappa shape index (κ2) is 10.5. The summed E-state index contributed by atoms with van der Waals surface area (Å²) >= 11 is 0. The van der Waals surface area contributed by atoms with E-state index in [1.165, 1.54) is 0 Å². The number of carbonyl (C=O) groups is 3. The first-order valence-electron chi connectivity index (χ1n) is 3.56. The molecule has 0 rings (SSSR count). The number of rotatable bonds is 5. The zero-order chi connectivity index (χ0) is 11.3. The van der Waals surface area contributed by atoms with Crippen LogP contribution in [-0.4, -0.2) is 36.2 Å². The van der Waals surface area contributed by atoms with E-state index in [9.17, 15) is 24.6 Å². The SMILES string of the molecule is COC(=O)C(O)C(CC(=O)[O-])C(=O)[O-].[Na+].[Na+]. The number of methoxy groups -OCH3 is 1. The molecule has 0 spiro atoms. The molecule has 7 nitrogen and oxygen atoms in total. The van der Waals surface area contributed by atoms with Crippen LogP contribution in [0, 0.1) is 5.92 Å². The molecule has 2 atom stereocenters. The summed E-state index contributed by atoms with van der Waals surface area (Å²) < 4.78 is 4.03. The summed E-state index contributed by atoms with van der Waals surface area (Å²) in [4.78, 5) is 31.1. The molecule has 2 unspecified atom stereocenters. The van der Waals surface area contributed by atoms with Crippen molar-refractivity contribution in [1.82, 2.24) is 0 Å². The van der Waals surface area contributed by atoms with Gasteiger partial charge in [0.15, 0.2) is 6.10 Å². The Balaban J connectivity index is -0.000000845. The molecule has 0 aromatic carbocycles. The second-order valence-corrected chi connectivity index (χ2v) is 2.47. The fraction of sp³-hybridized carbons (Fsp3) is 0.571. The number of carboxylic acids is 2. The molecule has 0 amide bonds. The Bertz CT molecular complexity index is 255. The summed E-state index contributed by atoms with van der Waals surface area (Å²) in [6, 6.07) is 0. The van der Waals surface area contributed by atoms with Crippen LogP contribution in [0.5, 0.6) is 0 Å². The number of aliphatic hydroxyl groups excluding tert-OH is 1. The number of hydrogen-bond donors (Lipinski definition) is 1. The fourth-order valence-corrected chi connectivity index (χ4v) is 0.788. The first-order valence-corrected chi connectivity index (χ1v) is 3.56. The van der Waals surface area contributed by atoms with Gasteiger partial charge in [0.2, 0.25) is 0 Å². The largest absolute Gasteiger partial charge is 1.00 e. The molecule has 0 saturated carbocycles. The van der Waals surface area contributed by atoms with Gasteiger partial charge in [-0.1, -0.05) is 0 Å². The van der Waals surface area contributed by atoms with Crippen LogP contribution < -0.4 is 69.3 Å². The van der Waals surface area contributed by atoms with Gasteiger partial charge in [-0.05, 0) is 6.42 Å². The molecule has 0 aromatic rings. The topological polar surface area (TPSA) is 127 Å². The first-order chi connectivity index (χ1) is 6.40. The van der Waals surface area contributed by atoms with Crippen LogP contribution in [0.4, 0.5) is 0 Å². The van der Waals surface area contributed by atoms with E-state index in [-0.39, 0.29) is 59.1 Å². The predicted octanol–water partition coefficient (Wildman–Crippen LogP) is -9.97. The van der Waals surface area contributed by atoms with Crippen LogP contribution in [-0.2, 0) is 19.1 Å². The van der Waals surface area contributed by atoms with Crippen molar-refractivity contribution in [1.29, 1.82) is 0 Å². The number of carboxylic acid groups (broad SMARTS) is 2. The normalized spacial score (nSPS) is 12.4. The molecule has 0 radical (unpaired) electrons. The summed E-state index contributed by atoms with van der Waals surface area (Å²) in [5.41, 5.74) is 0. The van der Waals surface area contributed by atoms with Gasteiger partial charge in [-0.2, -0.15) is 0 Å². The van der Waals surface area contributed by atoms with Crippen LogP contribution in [0.25, 0.3) is 0 Å². The maximum atomic E-state index is 10.7. The molecule has 0 fully saturated rings. The van der Waals surface area contributed by atoms with Gasteiger partial charge >= 0.3 is 65.1 Å². The minimum absolute atomic E-state index is 0. The second-order valence-electron chi connectivity index (χ2n) is 2.47. The summed E-state index contributed by atoms with van der Waals surface area (Å²) in [7, 11) is 0.927. The quantitative estimate of drug-likeness (QED) is 0.379. The van der Waals surface area contributed by atoms with E-state index in [2.05, 4.69) is 4.74 Å². The van der Waals surface area contributed by atoms with Crippen molar-refractivity contribution in [3.8, 4) is 0 Å². The number of hydrogen-bond acceptors (Lipinski definition) is 7. The van der Waals surface area contributed by atoms with Crippen LogP contribution in [0.1, 0.15) is 6.42 Å². The van der Waals surface area contributed by atoms with Gasteiger partial charge in [0.1, 0.15) is 0 Å². The summed E-state index contributed by atoms with van der Waals surface area (Å²) in [6.45, 7) is 0. The molecule has 0 saturated heterocycles. The van der Waals surface area contributed by atoms with E-state index in [0.29, 0.717) is 0 Å².